The zero-order chi connectivity index (χ0) is 14.8. The van der Waals surface area contributed by atoms with Crippen LogP contribution in [0.25, 0.3) is 0 Å². The zero-order valence-corrected chi connectivity index (χ0v) is 15.6. The molecule has 120 valence electrons. The Kier molecular flexibility index (Phi) is 10.8. The fourth-order valence-electron chi connectivity index (χ4n) is 1.78. The van der Waals surface area contributed by atoms with E-state index in [0.29, 0.717) is 6.54 Å². The number of nitrogens with one attached hydrogen (secondary N) is 2. The number of hydrogen-bond donors (Lipinski definition) is 2. The maximum Gasteiger partial charge on any atom is 0.191 e. The largest absolute Gasteiger partial charge is 0.493 e. The van der Waals surface area contributed by atoms with Gasteiger partial charge in [-0.05, 0) is 24.1 Å². The third-order valence-corrected chi connectivity index (χ3v) is 2.95. The Bertz CT molecular complexity index is 439. The van der Waals surface area contributed by atoms with E-state index in [4.69, 9.17) is 9.47 Å². The Labute approximate surface area is 144 Å². The number of unbranched alkanes of at least 4 members (excludes halogenated alkanes) is 1. The van der Waals surface area contributed by atoms with Crippen molar-refractivity contribution in [2.75, 3.05) is 27.8 Å². The molecule has 0 unspecified atom stereocenters. The van der Waals surface area contributed by atoms with Crippen LogP contribution < -0.4 is 20.1 Å². The predicted octanol–water partition coefficient (Wildman–Crippen LogP) is 2.79. The molecule has 0 aromatic heterocycles. The van der Waals surface area contributed by atoms with Crippen LogP contribution in [0, 0.1) is 0 Å². The lowest BCUT2D eigenvalue weighted by molar-refractivity contribution is 0.354. The number of ether oxygens (including phenoxy) is 2. The van der Waals surface area contributed by atoms with Gasteiger partial charge in [0.15, 0.2) is 17.5 Å². The highest BCUT2D eigenvalue weighted by Crippen LogP contribution is 2.27. The summed E-state index contributed by atoms with van der Waals surface area (Å²) in [7, 11) is 5.05. The molecule has 0 aliphatic heterocycles. The molecular formula is C15H26IN3O2. The number of methoxy groups -OCH3 is 2. The van der Waals surface area contributed by atoms with Crippen LogP contribution in [0.15, 0.2) is 23.2 Å². The Morgan fingerprint density at radius 2 is 1.86 bits per heavy atom. The summed E-state index contributed by atoms with van der Waals surface area (Å²) in [5, 5.41) is 6.55. The van der Waals surface area contributed by atoms with Crippen molar-refractivity contribution in [1.82, 2.24) is 10.6 Å². The summed E-state index contributed by atoms with van der Waals surface area (Å²) >= 11 is 0. The maximum absolute atomic E-state index is 5.29. The second-order valence-electron chi connectivity index (χ2n) is 4.40. The van der Waals surface area contributed by atoms with Gasteiger partial charge in [-0.2, -0.15) is 0 Å². The van der Waals surface area contributed by atoms with Crippen LogP contribution in [0.5, 0.6) is 11.5 Å². The van der Waals surface area contributed by atoms with E-state index in [-0.39, 0.29) is 24.0 Å². The highest BCUT2D eigenvalue weighted by molar-refractivity contribution is 14.0. The monoisotopic (exact) mass is 407 g/mol. The third-order valence-electron chi connectivity index (χ3n) is 2.95. The number of guanidine groups is 1. The molecule has 0 bridgehead atoms. The summed E-state index contributed by atoms with van der Waals surface area (Å²) in [6.07, 6.45) is 2.30. The first-order chi connectivity index (χ1) is 9.74. The Balaban J connectivity index is 0.00000400. The lowest BCUT2D eigenvalue weighted by atomic mass is 10.2. The van der Waals surface area contributed by atoms with Crippen molar-refractivity contribution in [3.8, 4) is 11.5 Å². The van der Waals surface area contributed by atoms with Crippen molar-refractivity contribution in [3.63, 3.8) is 0 Å². The average Bonchev–Trinajstić information content (AvgIpc) is 2.50. The number of halogens is 1. The summed E-state index contributed by atoms with van der Waals surface area (Å²) < 4.78 is 10.5. The first kappa shape index (κ1) is 19.8. The predicted molar refractivity (Wildman–Crippen MR) is 98.1 cm³/mol. The van der Waals surface area contributed by atoms with E-state index < -0.39 is 0 Å². The summed E-state index contributed by atoms with van der Waals surface area (Å²) in [6, 6.07) is 5.88. The number of benzene rings is 1. The Hall–Kier alpha value is -1.18. The lowest BCUT2D eigenvalue weighted by Gasteiger charge is -2.13. The van der Waals surface area contributed by atoms with E-state index in [1.54, 1.807) is 21.3 Å². The van der Waals surface area contributed by atoms with E-state index in [0.717, 1.165) is 36.0 Å². The smallest absolute Gasteiger partial charge is 0.191 e. The van der Waals surface area contributed by atoms with Crippen LogP contribution in [0.4, 0.5) is 0 Å². The molecule has 5 nitrogen and oxygen atoms in total. The molecule has 1 aromatic rings. The molecule has 2 N–H and O–H groups in total. The van der Waals surface area contributed by atoms with Crippen LogP contribution in [-0.4, -0.2) is 33.8 Å². The fraction of sp³-hybridized carbons (Fsp3) is 0.533. The van der Waals surface area contributed by atoms with Crippen LogP contribution in [0.3, 0.4) is 0 Å². The van der Waals surface area contributed by atoms with Gasteiger partial charge in [-0.25, -0.2) is 0 Å². The average molecular weight is 407 g/mol. The minimum absolute atomic E-state index is 0. The molecule has 0 radical (unpaired) electrons. The SMILES string of the molecule is CCCCNC(=NC)NCc1ccc(OC)c(OC)c1.I. The van der Waals surface area contributed by atoms with Crippen molar-refractivity contribution in [1.29, 1.82) is 0 Å². The molecule has 21 heavy (non-hydrogen) atoms. The van der Waals surface area contributed by atoms with Crippen molar-refractivity contribution in [2.45, 2.75) is 26.3 Å². The van der Waals surface area contributed by atoms with E-state index >= 15 is 0 Å². The van der Waals surface area contributed by atoms with Gasteiger partial charge >= 0.3 is 0 Å². The van der Waals surface area contributed by atoms with Gasteiger partial charge in [0.05, 0.1) is 14.2 Å². The van der Waals surface area contributed by atoms with Gasteiger partial charge in [-0.15, -0.1) is 24.0 Å². The first-order valence-corrected chi connectivity index (χ1v) is 6.90. The van der Waals surface area contributed by atoms with Gasteiger partial charge in [0.25, 0.3) is 0 Å². The topological polar surface area (TPSA) is 54.9 Å². The van der Waals surface area contributed by atoms with Crippen molar-refractivity contribution < 1.29 is 9.47 Å². The van der Waals surface area contributed by atoms with Crippen LogP contribution in [0.2, 0.25) is 0 Å². The van der Waals surface area contributed by atoms with Crippen molar-refractivity contribution in [3.05, 3.63) is 23.8 Å². The molecule has 0 saturated heterocycles. The molecule has 0 spiro atoms. The zero-order valence-electron chi connectivity index (χ0n) is 13.2. The molecule has 0 saturated carbocycles. The summed E-state index contributed by atoms with van der Waals surface area (Å²) in [5.41, 5.74) is 1.11. The Morgan fingerprint density at radius 1 is 1.14 bits per heavy atom. The summed E-state index contributed by atoms with van der Waals surface area (Å²) in [4.78, 5) is 4.19. The minimum Gasteiger partial charge on any atom is -0.493 e. The minimum atomic E-state index is 0. The summed E-state index contributed by atoms with van der Waals surface area (Å²) in [6.45, 7) is 3.79. The van der Waals surface area contributed by atoms with Gasteiger partial charge in [0, 0.05) is 20.1 Å². The van der Waals surface area contributed by atoms with Gasteiger partial charge < -0.3 is 20.1 Å². The standard InChI is InChI=1S/C15H25N3O2.HI/c1-5-6-9-17-15(16-2)18-11-12-7-8-13(19-3)14(10-12)20-4;/h7-8,10H,5-6,9,11H2,1-4H3,(H2,16,17,18);1H. The number of hydrogen-bond acceptors (Lipinski definition) is 3. The van der Waals surface area contributed by atoms with Crippen LogP contribution >= 0.6 is 24.0 Å². The first-order valence-electron chi connectivity index (χ1n) is 6.90. The molecule has 0 aliphatic rings. The third kappa shape index (κ3) is 6.88. The van der Waals surface area contributed by atoms with Crippen molar-refractivity contribution in [2.24, 2.45) is 4.99 Å². The number of aliphatic imine (C=N–C) groups is 1. The molecule has 1 aromatic carbocycles. The molecule has 1 rings (SSSR count). The number of nitrogens with zero attached hydrogens (tertiary/aromatic N) is 1. The summed E-state index contributed by atoms with van der Waals surface area (Å²) in [5.74, 6) is 2.29. The van der Waals surface area contributed by atoms with Crippen LogP contribution in [-0.2, 0) is 6.54 Å². The van der Waals surface area contributed by atoms with Crippen molar-refractivity contribution >= 4 is 29.9 Å². The molecule has 0 aliphatic carbocycles. The molecule has 6 heteroatoms. The Morgan fingerprint density at radius 3 is 2.43 bits per heavy atom. The van der Waals surface area contributed by atoms with Crippen LogP contribution in [0.1, 0.15) is 25.3 Å². The maximum atomic E-state index is 5.29. The van der Waals surface area contributed by atoms with E-state index in [1.807, 2.05) is 18.2 Å². The highest BCUT2D eigenvalue weighted by atomic mass is 127. The van der Waals surface area contributed by atoms with Gasteiger partial charge in [0.1, 0.15) is 0 Å². The lowest BCUT2D eigenvalue weighted by Crippen LogP contribution is -2.37. The molecular weight excluding hydrogens is 381 g/mol. The number of rotatable bonds is 7. The quantitative estimate of drug-likeness (QED) is 0.316. The normalized spacial score (nSPS) is 10.6. The second kappa shape index (κ2) is 11.5. The second-order valence-corrected chi connectivity index (χ2v) is 4.40. The molecule has 0 amide bonds. The van der Waals surface area contributed by atoms with E-state index in [9.17, 15) is 0 Å². The van der Waals surface area contributed by atoms with Gasteiger partial charge in [0.2, 0.25) is 0 Å². The fourth-order valence-corrected chi connectivity index (χ4v) is 1.78. The molecule has 0 fully saturated rings. The molecule has 0 atom stereocenters. The van der Waals surface area contributed by atoms with Gasteiger partial charge in [-0.1, -0.05) is 19.4 Å². The highest BCUT2D eigenvalue weighted by Gasteiger charge is 2.05. The van der Waals surface area contributed by atoms with Gasteiger partial charge in [-0.3, -0.25) is 4.99 Å². The molecule has 0 heterocycles. The van der Waals surface area contributed by atoms with E-state index in [1.165, 1.54) is 6.42 Å². The van der Waals surface area contributed by atoms with E-state index in [2.05, 4.69) is 22.5 Å².